The summed E-state index contributed by atoms with van der Waals surface area (Å²) in [6.07, 6.45) is 0. The maximum Gasteiger partial charge on any atom is 0.255 e. The summed E-state index contributed by atoms with van der Waals surface area (Å²) in [6.45, 7) is 2.34. The van der Waals surface area contributed by atoms with E-state index in [2.05, 4.69) is 14.3 Å². The molecule has 9 heteroatoms. The Hall–Kier alpha value is -2.65. The van der Waals surface area contributed by atoms with Crippen molar-refractivity contribution in [1.82, 2.24) is 14.3 Å². The summed E-state index contributed by atoms with van der Waals surface area (Å²) in [7, 11) is 0. The molecule has 4 rings (SSSR count). The van der Waals surface area contributed by atoms with Gasteiger partial charge in [0.2, 0.25) is 11.1 Å². The van der Waals surface area contributed by atoms with E-state index in [1.165, 1.54) is 29.4 Å². The number of aromatic nitrogens is 2. The molecule has 1 amide bonds. The summed E-state index contributed by atoms with van der Waals surface area (Å²) in [6, 6.07) is 14.2. The lowest BCUT2D eigenvalue weighted by atomic mass is 10.1. The van der Waals surface area contributed by atoms with Gasteiger partial charge in [-0.05, 0) is 24.3 Å². The number of nitrogen functional groups attached to an aromatic ring is 1. The molecule has 1 fully saturated rings. The quantitative estimate of drug-likeness (QED) is 0.704. The van der Waals surface area contributed by atoms with Crippen LogP contribution in [-0.4, -0.2) is 46.3 Å². The highest BCUT2D eigenvalue weighted by atomic mass is 32.2. The van der Waals surface area contributed by atoms with E-state index in [1.54, 1.807) is 17.0 Å². The predicted octanol–water partition coefficient (Wildman–Crippen LogP) is 3.37. The second kappa shape index (κ2) is 8.15. The average molecular weight is 416 g/mol. The van der Waals surface area contributed by atoms with Gasteiger partial charge in [-0.2, -0.15) is 9.36 Å². The monoisotopic (exact) mass is 415 g/mol. The van der Waals surface area contributed by atoms with Gasteiger partial charge in [0.1, 0.15) is 5.82 Å². The van der Waals surface area contributed by atoms with E-state index in [0.29, 0.717) is 36.6 Å². The van der Waals surface area contributed by atoms with Crippen LogP contribution >= 0.6 is 23.3 Å². The van der Waals surface area contributed by atoms with Crippen molar-refractivity contribution >= 4 is 40.3 Å². The molecule has 3 aromatic rings. The predicted molar refractivity (Wildman–Crippen MR) is 109 cm³/mol. The molecule has 2 N–H and O–H groups in total. The fourth-order valence-corrected chi connectivity index (χ4v) is 4.62. The molecule has 2 aromatic carbocycles. The summed E-state index contributed by atoms with van der Waals surface area (Å²) in [5.41, 5.74) is 5.98. The third-order valence-corrected chi connectivity index (χ3v) is 6.35. The molecule has 0 aliphatic carbocycles. The van der Waals surface area contributed by atoms with Crippen molar-refractivity contribution in [1.29, 1.82) is 0 Å². The first kappa shape index (κ1) is 18.7. The van der Waals surface area contributed by atoms with E-state index in [4.69, 9.17) is 5.73 Å². The average Bonchev–Trinajstić information content (AvgIpc) is 3.16. The first-order valence-electron chi connectivity index (χ1n) is 8.76. The molecule has 0 unspecified atom stereocenters. The molecule has 2 heterocycles. The minimum absolute atomic E-state index is 0.158. The summed E-state index contributed by atoms with van der Waals surface area (Å²) in [4.78, 5) is 22.3. The molecule has 0 atom stereocenters. The van der Waals surface area contributed by atoms with Gasteiger partial charge in [-0.15, -0.1) is 0 Å². The molecule has 0 radical (unpaired) electrons. The summed E-state index contributed by atoms with van der Waals surface area (Å²) in [5, 5.41) is 0.760. The number of carbonyl (C=O) groups is 1. The highest BCUT2D eigenvalue weighted by Gasteiger charge is 2.26. The Labute approximate surface area is 170 Å². The number of anilines is 2. The van der Waals surface area contributed by atoms with E-state index in [0.717, 1.165) is 10.0 Å². The lowest BCUT2D eigenvalue weighted by Gasteiger charge is -2.34. The van der Waals surface area contributed by atoms with Crippen LogP contribution < -0.4 is 10.6 Å². The maximum absolute atomic E-state index is 14.5. The van der Waals surface area contributed by atoms with Gasteiger partial charge >= 0.3 is 0 Å². The van der Waals surface area contributed by atoms with E-state index in [1.807, 2.05) is 30.3 Å². The van der Waals surface area contributed by atoms with Gasteiger partial charge in [0.05, 0.1) is 10.5 Å². The summed E-state index contributed by atoms with van der Waals surface area (Å²) >= 11 is 2.52. The fraction of sp³-hybridized carbons (Fsp3) is 0.211. The molecule has 144 valence electrons. The highest BCUT2D eigenvalue weighted by Crippen LogP contribution is 2.33. The zero-order valence-electron chi connectivity index (χ0n) is 14.9. The van der Waals surface area contributed by atoms with Gasteiger partial charge in [0.15, 0.2) is 0 Å². The van der Waals surface area contributed by atoms with Gasteiger partial charge in [0, 0.05) is 42.6 Å². The molecule has 0 bridgehead atoms. The van der Waals surface area contributed by atoms with Crippen molar-refractivity contribution < 1.29 is 9.18 Å². The standard InChI is InChI=1S/C19H18FN5OS2/c20-15-8-4-7-14(16(15)27-13-5-2-1-3-6-13)17(26)24-9-11-25(12-10-24)19-22-18(21)23-28-19/h1-8H,9-12H2,(H2,21,23). The largest absolute Gasteiger partial charge is 0.367 e. The number of nitrogens with zero attached hydrogens (tertiary/aromatic N) is 4. The molecule has 0 saturated carbocycles. The molecular weight excluding hydrogens is 397 g/mol. The molecular formula is C19H18FN5OS2. The second-order valence-electron chi connectivity index (χ2n) is 6.25. The van der Waals surface area contributed by atoms with E-state index in [9.17, 15) is 9.18 Å². The van der Waals surface area contributed by atoms with E-state index < -0.39 is 0 Å². The maximum atomic E-state index is 14.5. The van der Waals surface area contributed by atoms with Crippen molar-refractivity contribution in [2.24, 2.45) is 0 Å². The summed E-state index contributed by atoms with van der Waals surface area (Å²) < 4.78 is 18.5. The topological polar surface area (TPSA) is 75.3 Å². The molecule has 0 spiro atoms. The first-order valence-corrected chi connectivity index (χ1v) is 10.4. The molecule has 28 heavy (non-hydrogen) atoms. The van der Waals surface area contributed by atoms with E-state index >= 15 is 0 Å². The van der Waals surface area contributed by atoms with Crippen LogP contribution in [-0.2, 0) is 0 Å². The Morgan fingerprint density at radius 2 is 1.82 bits per heavy atom. The van der Waals surface area contributed by atoms with Crippen LogP contribution in [0.15, 0.2) is 58.3 Å². The lowest BCUT2D eigenvalue weighted by molar-refractivity contribution is 0.0742. The number of amides is 1. The zero-order chi connectivity index (χ0) is 19.5. The van der Waals surface area contributed by atoms with Crippen LogP contribution in [0.25, 0.3) is 0 Å². The van der Waals surface area contributed by atoms with Crippen LogP contribution in [0.3, 0.4) is 0 Å². The lowest BCUT2D eigenvalue weighted by Crippen LogP contribution is -2.48. The Bertz CT molecular complexity index is 973. The number of halogens is 1. The van der Waals surface area contributed by atoms with Gasteiger partial charge in [-0.3, -0.25) is 4.79 Å². The van der Waals surface area contributed by atoms with E-state index in [-0.39, 0.29) is 17.7 Å². The number of nitrogens with two attached hydrogens (primary N) is 1. The number of hydrogen-bond acceptors (Lipinski definition) is 7. The Morgan fingerprint density at radius 3 is 2.50 bits per heavy atom. The van der Waals surface area contributed by atoms with Gasteiger partial charge in [0.25, 0.3) is 5.91 Å². The first-order chi connectivity index (χ1) is 13.6. The van der Waals surface area contributed by atoms with Crippen molar-refractivity contribution in [3.05, 3.63) is 59.9 Å². The molecule has 1 aliphatic heterocycles. The SMILES string of the molecule is Nc1nsc(N2CCN(C(=O)c3cccc(F)c3Sc3ccccc3)CC2)n1. The number of piperazine rings is 1. The van der Waals surface area contributed by atoms with Crippen LogP contribution in [0.4, 0.5) is 15.5 Å². The normalized spacial score (nSPS) is 14.3. The Balaban J connectivity index is 1.50. The van der Waals surface area contributed by atoms with Crippen LogP contribution in [0.5, 0.6) is 0 Å². The minimum Gasteiger partial charge on any atom is -0.367 e. The van der Waals surface area contributed by atoms with Crippen molar-refractivity contribution in [3.8, 4) is 0 Å². The highest BCUT2D eigenvalue weighted by molar-refractivity contribution is 7.99. The molecule has 1 saturated heterocycles. The van der Waals surface area contributed by atoms with Crippen LogP contribution in [0.1, 0.15) is 10.4 Å². The minimum atomic E-state index is -0.386. The van der Waals surface area contributed by atoms with Gasteiger partial charge < -0.3 is 15.5 Å². The van der Waals surface area contributed by atoms with Gasteiger partial charge in [-0.1, -0.05) is 36.0 Å². The Kier molecular flexibility index (Phi) is 5.45. The number of benzene rings is 2. The molecule has 1 aromatic heterocycles. The zero-order valence-corrected chi connectivity index (χ0v) is 16.5. The third-order valence-electron chi connectivity index (χ3n) is 4.43. The fourth-order valence-electron chi connectivity index (χ4n) is 3.01. The molecule has 6 nitrogen and oxygen atoms in total. The van der Waals surface area contributed by atoms with Crippen molar-refractivity contribution in [3.63, 3.8) is 0 Å². The molecule has 1 aliphatic rings. The number of hydrogen-bond donors (Lipinski definition) is 1. The van der Waals surface area contributed by atoms with Crippen LogP contribution in [0.2, 0.25) is 0 Å². The number of carbonyl (C=O) groups excluding carboxylic acids is 1. The Morgan fingerprint density at radius 1 is 1.07 bits per heavy atom. The van der Waals surface area contributed by atoms with Crippen molar-refractivity contribution in [2.45, 2.75) is 9.79 Å². The van der Waals surface area contributed by atoms with Gasteiger partial charge in [-0.25, -0.2) is 4.39 Å². The third kappa shape index (κ3) is 3.95. The summed E-state index contributed by atoms with van der Waals surface area (Å²) in [5.74, 6) is -0.280. The van der Waals surface area contributed by atoms with Crippen molar-refractivity contribution in [2.75, 3.05) is 36.8 Å². The van der Waals surface area contributed by atoms with Crippen LogP contribution in [0, 0.1) is 5.82 Å². The number of rotatable bonds is 4. The second-order valence-corrected chi connectivity index (χ2v) is 8.06. The smallest absolute Gasteiger partial charge is 0.255 e.